The van der Waals surface area contributed by atoms with Gasteiger partial charge < -0.3 is 20.3 Å². The third-order valence-corrected chi connectivity index (χ3v) is 2.53. The van der Waals surface area contributed by atoms with E-state index in [9.17, 15) is 14.7 Å². The Bertz CT molecular complexity index is 507. The maximum absolute atomic E-state index is 11.7. The van der Waals surface area contributed by atoms with Gasteiger partial charge in [0.25, 0.3) is 0 Å². The van der Waals surface area contributed by atoms with E-state index in [-0.39, 0.29) is 12.2 Å². The first kappa shape index (κ1) is 16.8. The number of hydrogen-bond acceptors (Lipinski definition) is 4. The summed E-state index contributed by atoms with van der Waals surface area (Å²) in [6, 6.07) is 5.86. The average Bonchev–Trinajstić information content (AvgIpc) is 2.24. The number of nitrogens with one attached hydrogen (secondary N) is 1. The van der Waals surface area contributed by atoms with Gasteiger partial charge in [0.05, 0.1) is 6.42 Å². The molecule has 1 atom stereocenters. The van der Waals surface area contributed by atoms with E-state index >= 15 is 0 Å². The van der Waals surface area contributed by atoms with Crippen LogP contribution in [0.5, 0.6) is 5.75 Å². The summed E-state index contributed by atoms with van der Waals surface area (Å²) >= 11 is 0. The molecule has 0 saturated heterocycles. The molecule has 1 unspecified atom stereocenters. The lowest BCUT2D eigenvalue weighted by molar-refractivity contribution is -0.137. The third kappa shape index (κ3) is 7.20. The van der Waals surface area contributed by atoms with Crippen LogP contribution in [0, 0.1) is 0 Å². The van der Waals surface area contributed by atoms with Crippen LogP contribution in [0.1, 0.15) is 32.8 Å². The quantitative estimate of drug-likeness (QED) is 0.774. The van der Waals surface area contributed by atoms with Gasteiger partial charge in [0, 0.05) is 6.04 Å². The predicted octanol–water partition coefficient (Wildman–Crippen LogP) is 2.30. The second-order valence-electron chi connectivity index (χ2n) is 5.82. The van der Waals surface area contributed by atoms with Crippen LogP contribution in [0.2, 0.25) is 0 Å². The van der Waals surface area contributed by atoms with Crippen LogP contribution in [-0.4, -0.2) is 33.9 Å². The van der Waals surface area contributed by atoms with Crippen molar-refractivity contribution in [1.29, 1.82) is 0 Å². The molecule has 0 saturated carbocycles. The SMILES string of the molecule is CC(C)(C)OC(=O)NC(CC(=O)O)Cc1cccc(O)c1. The second-order valence-corrected chi connectivity index (χ2v) is 5.82. The highest BCUT2D eigenvalue weighted by atomic mass is 16.6. The fourth-order valence-electron chi connectivity index (χ4n) is 1.83. The summed E-state index contributed by atoms with van der Waals surface area (Å²) in [5.41, 5.74) is 0.0837. The van der Waals surface area contributed by atoms with E-state index in [1.54, 1.807) is 32.9 Å². The molecule has 0 bridgehead atoms. The Labute approximate surface area is 123 Å². The molecule has 116 valence electrons. The van der Waals surface area contributed by atoms with Gasteiger partial charge >= 0.3 is 12.1 Å². The van der Waals surface area contributed by atoms with Crippen molar-refractivity contribution in [2.45, 2.75) is 45.3 Å². The molecule has 1 aromatic rings. The number of carbonyl (C=O) groups is 2. The van der Waals surface area contributed by atoms with Crippen molar-refractivity contribution in [2.24, 2.45) is 0 Å². The van der Waals surface area contributed by atoms with Gasteiger partial charge in [-0.25, -0.2) is 4.79 Å². The molecular formula is C15H21NO5. The number of amides is 1. The van der Waals surface area contributed by atoms with Crippen molar-refractivity contribution in [3.63, 3.8) is 0 Å². The molecule has 0 aliphatic heterocycles. The largest absolute Gasteiger partial charge is 0.508 e. The maximum Gasteiger partial charge on any atom is 0.407 e. The van der Waals surface area contributed by atoms with Crippen molar-refractivity contribution < 1.29 is 24.5 Å². The predicted molar refractivity (Wildman–Crippen MR) is 77.2 cm³/mol. The lowest BCUT2D eigenvalue weighted by Gasteiger charge is -2.23. The van der Waals surface area contributed by atoms with Crippen LogP contribution in [-0.2, 0) is 16.0 Å². The number of hydrogen-bond donors (Lipinski definition) is 3. The number of carboxylic acids is 1. The van der Waals surface area contributed by atoms with Gasteiger partial charge in [0.15, 0.2) is 0 Å². The molecule has 3 N–H and O–H groups in total. The molecule has 1 amide bonds. The Kier molecular flexibility index (Phi) is 5.58. The molecule has 0 aromatic heterocycles. The van der Waals surface area contributed by atoms with E-state index in [4.69, 9.17) is 9.84 Å². The van der Waals surface area contributed by atoms with Crippen molar-refractivity contribution in [1.82, 2.24) is 5.32 Å². The smallest absolute Gasteiger partial charge is 0.407 e. The Morgan fingerprint density at radius 2 is 2.00 bits per heavy atom. The van der Waals surface area contributed by atoms with Gasteiger partial charge in [0.2, 0.25) is 0 Å². The van der Waals surface area contributed by atoms with Gasteiger partial charge in [-0.05, 0) is 44.9 Å². The molecule has 6 heteroatoms. The molecule has 1 aromatic carbocycles. The highest BCUT2D eigenvalue weighted by molar-refractivity contribution is 5.71. The van der Waals surface area contributed by atoms with Crippen LogP contribution in [0.15, 0.2) is 24.3 Å². The van der Waals surface area contributed by atoms with Gasteiger partial charge in [-0.3, -0.25) is 4.79 Å². The normalized spacial score (nSPS) is 12.5. The molecule has 21 heavy (non-hydrogen) atoms. The zero-order valence-corrected chi connectivity index (χ0v) is 12.4. The number of aliphatic carboxylic acids is 1. The lowest BCUT2D eigenvalue weighted by atomic mass is 10.0. The van der Waals surface area contributed by atoms with Gasteiger partial charge in [-0.2, -0.15) is 0 Å². The van der Waals surface area contributed by atoms with E-state index in [2.05, 4.69) is 5.32 Å². The Morgan fingerprint density at radius 3 is 2.52 bits per heavy atom. The number of carboxylic acid groups (broad SMARTS) is 1. The van der Waals surface area contributed by atoms with Crippen molar-refractivity contribution in [2.75, 3.05) is 0 Å². The van der Waals surface area contributed by atoms with Gasteiger partial charge in [-0.1, -0.05) is 12.1 Å². The number of carbonyl (C=O) groups excluding carboxylic acids is 1. The second kappa shape index (κ2) is 6.97. The molecule has 0 radical (unpaired) electrons. The molecule has 0 heterocycles. The van der Waals surface area contributed by atoms with Crippen molar-refractivity contribution >= 4 is 12.1 Å². The number of benzene rings is 1. The van der Waals surface area contributed by atoms with Crippen molar-refractivity contribution in [3.8, 4) is 5.75 Å². The number of ether oxygens (including phenoxy) is 1. The fourth-order valence-corrected chi connectivity index (χ4v) is 1.83. The maximum atomic E-state index is 11.7. The number of rotatable bonds is 5. The monoisotopic (exact) mass is 295 g/mol. The zero-order valence-electron chi connectivity index (χ0n) is 12.4. The van der Waals surface area contributed by atoms with Crippen LogP contribution in [0.3, 0.4) is 0 Å². The van der Waals surface area contributed by atoms with E-state index in [1.165, 1.54) is 12.1 Å². The molecule has 0 spiro atoms. The van der Waals surface area contributed by atoms with Crippen LogP contribution >= 0.6 is 0 Å². The van der Waals surface area contributed by atoms with Crippen LogP contribution in [0.25, 0.3) is 0 Å². The fraction of sp³-hybridized carbons (Fsp3) is 0.467. The molecular weight excluding hydrogens is 274 g/mol. The van der Waals surface area contributed by atoms with Gasteiger partial charge in [-0.15, -0.1) is 0 Å². The minimum atomic E-state index is -1.02. The highest BCUT2D eigenvalue weighted by Gasteiger charge is 2.21. The average molecular weight is 295 g/mol. The Balaban J connectivity index is 2.72. The summed E-state index contributed by atoms with van der Waals surface area (Å²) in [6.45, 7) is 5.19. The minimum absolute atomic E-state index is 0.0962. The third-order valence-electron chi connectivity index (χ3n) is 2.53. The number of aromatic hydroxyl groups is 1. The first-order chi connectivity index (χ1) is 9.65. The number of alkyl carbamates (subject to hydrolysis) is 1. The molecule has 6 nitrogen and oxygen atoms in total. The summed E-state index contributed by atoms with van der Waals surface area (Å²) in [4.78, 5) is 22.6. The zero-order chi connectivity index (χ0) is 16.0. The molecule has 1 rings (SSSR count). The van der Waals surface area contributed by atoms with E-state index < -0.39 is 23.7 Å². The Hall–Kier alpha value is -2.24. The summed E-state index contributed by atoms with van der Waals surface area (Å²) in [7, 11) is 0. The van der Waals surface area contributed by atoms with Crippen LogP contribution in [0.4, 0.5) is 4.79 Å². The first-order valence-electron chi connectivity index (χ1n) is 6.65. The Morgan fingerprint density at radius 1 is 1.33 bits per heavy atom. The van der Waals surface area contributed by atoms with Crippen LogP contribution < -0.4 is 5.32 Å². The summed E-state index contributed by atoms with van der Waals surface area (Å²) in [5, 5.41) is 20.9. The summed E-state index contributed by atoms with van der Waals surface area (Å²) in [6.07, 6.45) is -0.594. The number of phenolic OH excluding ortho intramolecular Hbond substituents is 1. The summed E-state index contributed by atoms with van der Waals surface area (Å²) < 4.78 is 5.12. The summed E-state index contributed by atoms with van der Waals surface area (Å²) in [5.74, 6) is -0.921. The van der Waals surface area contributed by atoms with Gasteiger partial charge in [0.1, 0.15) is 11.4 Å². The first-order valence-corrected chi connectivity index (χ1v) is 6.65. The van der Waals surface area contributed by atoms with E-state index in [0.29, 0.717) is 6.42 Å². The highest BCUT2D eigenvalue weighted by Crippen LogP contribution is 2.14. The lowest BCUT2D eigenvalue weighted by Crippen LogP contribution is -2.41. The molecule has 0 aliphatic rings. The minimum Gasteiger partial charge on any atom is -0.508 e. The topological polar surface area (TPSA) is 95.9 Å². The van der Waals surface area contributed by atoms with Crippen molar-refractivity contribution in [3.05, 3.63) is 29.8 Å². The molecule has 0 aliphatic carbocycles. The standard InChI is InChI=1S/C15H21NO5/c1-15(2,3)21-14(20)16-11(9-13(18)19)7-10-5-4-6-12(17)8-10/h4-6,8,11,17H,7,9H2,1-3H3,(H,16,20)(H,18,19). The van der Waals surface area contributed by atoms with E-state index in [1.807, 2.05) is 0 Å². The molecule has 0 fully saturated rings. The van der Waals surface area contributed by atoms with E-state index in [0.717, 1.165) is 5.56 Å². The number of phenols is 1.